The van der Waals surface area contributed by atoms with Crippen LogP contribution < -0.4 is 11.1 Å². The Hall–Kier alpha value is -0.870. The molecule has 0 aromatic carbocycles. The Balaban J connectivity index is 1.80. The zero-order valence-electron chi connectivity index (χ0n) is 10.9. The summed E-state index contributed by atoms with van der Waals surface area (Å²) in [5, 5.41) is 7.82. The SMILES string of the molecule is Cc1c(C(CN)NCCCC2CC2)cnn1C. The van der Waals surface area contributed by atoms with Crippen molar-refractivity contribution in [1.82, 2.24) is 15.1 Å². The summed E-state index contributed by atoms with van der Waals surface area (Å²) in [5.74, 6) is 1.02. The van der Waals surface area contributed by atoms with Gasteiger partial charge in [-0.05, 0) is 32.2 Å². The van der Waals surface area contributed by atoms with E-state index in [1.807, 2.05) is 17.9 Å². The van der Waals surface area contributed by atoms with Gasteiger partial charge in [-0.3, -0.25) is 4.68 Å². The zero-order valence-corrected chi connectivity index (χ0v) is 10.9. The highest BCUT2D eigenvalue weighted by Gasteiger charge is 2.20. The highest BCUT2D eigenvalue weighted by atomic mass is 15.3. The van der Waals surface area contributed by atoms with Crippen molar-refractivity contribution >= 4 is 0 Å². The van der Waals surface area contributed by atoms with Gasteiger partial charge in [0, 0.05) is 30.9 Å². The molecule has 0 bridgehead atoms. The quantitative estimate of drug-likeness (QED) is 0.706. The Morgan fingerprint density at radius 1 is 1.59 bits per heavy atom. The van der Waals surface area contributed by atoms with E-state index in [2.05, 4.69) is 17.3 Å². The van der Waals surface area contributed by atoms with Crippen LogP contribution in [0.2, 0.25) is 0 Å². The third kappa shape index (κ3) is 3.30. The van der Waals surface area contributed by atoms with E-state index in [0.717, 1.165) is 12.5 Å². The van der Waals surface area contributed by atoms with E-state index in [-0.39, 0.29) is 6.04 Å². The van der Waals surface area contributed by atoms with Crippen LogP contribution in [0.4, 0.5) is 0 Å². The highest BCUT2D eigenvalue weighted by molar-refractivity contribution is 5.20. The summed E-state index contributed by atoms with van der Waals surface area (Å²) in [6.07, 6.45) is 7.46. The van der Waals surface area contributed by atoms with Crippen LogP contribution in [0.1, 0.15) is 43.0 Å². The van der Waals surface area contributed by atoms with E-state index in [4.69, 9.17) is 5.73 Å². The van der Waals surface area contributed by atoms with Crippen LogP contribution in [0.3, 0.4) is 0 Å². The summed E-state index contributed by atoms with van der Waals surface area (Å²) in [6, 6.07) is 0.253. The molecule has 1 saturated carbocycles. The number of aromatic nitrogens is 2. The molecular formula is C13H24N4. The van der Waals surface area contributed by atoms with Gasteiger partial charge in [-0.2, -0.15) is 5.10 Å². The minimum absolute atomic E-state index is 0.253. The first kappa shape index (κ1) is 12.6. The second kappa shape index (κ2) is 5.65. The molecule has 17 heavy (non-hydrogen) atoms. The van der Waals surface area contributed by atoms with E-state index in [1.165, 1.54) is 36.9 Å². The molecule has 2 rings (SSSR count). The summed E-state index contributed by atoms with van der Waals surface area (Å²) in [5.41, 5.74) is 8.28. The molecule has 4 heteroatoms. The van der Waals surface area contributed by atoms with Crippen molar-refractivity contribution in [2.45, 2.75) is 38.6 Å². The monoisotopic (exact) mass is 236 g/mol. The van der Waals surface area contributed by atoms with E-state index < -0.39 is 0 Å². The average molecular weight is 236 g/mol. The van der Waals surface area contributed by atoms with Crippen LogP contribution in [0.5, 0.6) is 0 Å². The number of hydrogen-bond donors (Lipinski definition) is 2. The molecule has 0 amide bonds. The molecule has 0 radical (unpaired) electrons. The fourth-order valence-electron chi connectivity index (χ4n) is 2.25. The second-order valence-corrected chi connectivity index (χ2v) is 5.14. The van der Waals surface area contributed by atoms with Crippen molar-refractivity contribution in [2.24, 2.45) is 18.7 Å². The molecule has 4 nitrogen and oxygen atoms in total. The van der Waals surface area contributed by atoms with Gasteiger partial charge < -0.3 is 11.1 Å². The lowest BCUT2D eigenvalue weighted by molar-refractivity contribution is 0.510. The van der Waals surface area contributed by atoms with Crippen molar-refractivity contribution in [1.29, 1.82) is 0 Å². The third-order valence-electron chi connectivity index (χ3n) is 3.76. The summed E-state index contributed by atoms with van der Waals surface area (Å²) < 4.78 is 1.91. The Morgan fingerprint density at radius 3 is 2.88 bits per heavy atom. The molecule has 1 aromatic rings. The molecule has 1 heterocycles. The number of nitrogens with one attached hydrogen (secondary N) is 1. The van der Waals surface area contributed by atoms with Crippen LogP contribution in [-0.2, 0) is 7.05 Å². The number of nitrogens with zero attached hydrogens (tertiary/aromatic N) is 2. The molecule has 96 valence electrons. The van der Waals surface area contributed by atoms with Gasteiger partial charge in [0.05, 0.1) is 6.20 Å². The molecule has 1 atom stereocenters. The lowest BCUT2D eigenvalue weighted by atomic mass is 10.1. The van der Waals surface area contributed by atoms with Gasteiger partial charge in [0.15, 0.2) is 0 Å². The predicted octanol–water partition coefficient (Wildman–Crippen LogP) is 1.51. The van der Waals surface area contributed by atoms with Gasteiger partial charge in [0.25, 0.3) is 0 Å². The van der Waals surface area contributed by atoms with Gasteiger partial charge in [-0.15, -0.1) is 0 Å². The first-order chi connectivity index (χ1) is 8.22. The zero-order chi connectivity index (χ0) is 12.3. The maximum atomic E-state index is 5.84. The van der Waals surface area contributed by atoms with Crippen LogP contribution in [0.25, 0.3) is 0 Å². The Bertz CT molecular complexity index is 354. The van der Waals surface area contributed by atoms with E-state index in [0.29, 0.717) is 6.54 Å². The molecular weight excluding hydrogens is 212 g/mol. The third-order valence-corrected chi connectivity index (χ3v) is 3.76. The molecule has 1 aliphatic carbocycles. The van der Waals surface area contributed by atoms with Crippen molar-refractivity contribution in [3.05, 3.63) is 17.5 Å². The Labute approximate surface area is 104 Å². The maximum absolute atomic E-state index is 5.84. The molecule has 0 spiro atoms. The van der Waals surface area contributed by atoms with Crippen molar-refractivity contribution in [3.8, 4) is 0 Å². The molecule has 0 saturated heterocycles. The van der Waals surface area contributed by atoms with E-state index >= 15 is 0 Å². The number of rotatable bonds is 7. The summed E-state index contributed by atoms with van der Waals surface area (Å²) in [4.78, 5) is 0. The standard InChI is InChI=1S/C13H24N4/c1-10-12(9-16-17(10)2)13(8-14)15-7-3-4-11-5-6-11/h9,11,13,15H,3-8,14H2,1-2H3. The number of nitrogens with two attached hydrogens (primary N) is 1. The first-order valence-corrected chi connectivity index (χ1v) is 6.64. The molecule has 1 fully saturated rings. The topological polar surface area (TPSA) is 55.9 Å². The average Bonchev–Trinajstić information content (AvgIpc) is 3.09. The second-order valence-electron chi connectivity index (χ2n) is 5.14. The van der Waals surface area contributed by atoms with Crippen molar-refractivity contribution < 1.29 is 0 Å². The molecule has 1 aliphatic rings. The fraction of sp³-hybridized carbons (Fsp3) is 0.769. The Kier molecular flexibility index (Phi) is 4.18. The smallest absolute Gasteiger partial charge is 0.0540 e. The highest BCUT2D eigenvalue weighted by Crippen LogP contribution is 2.33. The summed E-state index contributed by atoms with van der Waals surface area (Å²) >= 11 is 0. The lowest BCUT2D eigenvalue weighted by Crippen LogP contribution is -2.29. The largest absolute Gasteiger partial charge is 0.329 e. The lowest BCUT2D eigenvalue weighted by Gasteiger charge is -2.16. The van der Waals surface area contributed by atoms with E-state index in [9.17, 15) is 0 Å². The molecule has 1 unspecified atom stereocenters. The van der Waals surface area contributed by atoms with Crippen molar-refractivity contribution in [3.63, 3.8) is 0 Å². The van der Waals surface area contributed by atoms with Gasteiger partial charge in [-0.25, -0.2) is 0 Å². The first-order valence-electron chi connectivity index (χ1n) is 6.64. The Morgan fingerprint density at radius 2 is 2.35 bits per heavy atom. The van der Waals surface area contributed by atoms with Crippen LogP contribution in [0, 0.1) is 12.8 Å². The van der Waals surface area contributed by atoms with Gasteiger partial charge in [0.2, 0.25) is 0 Å². The van der Waals surface area contributed by atoms with Crippen LogP contribution >= 0.6 is 0 Å². The van der Waals surface area contributed by atoms with Gasteiger partial charge >= 0.3 is 0 Å². The molecule has 0 aliphatic heterocycles. The summed E-state index contributed by atoms with van der Waals surface area (Å²) in [7, 11) is 1.97. The van der Waals surface area contributed by atoms with Gasteiger partial charge in [-0.1, -0.05) is 12.8 Å². The minimum atomic E-state index is 0.253. The van der Waals surface area contributed by atoms with Crippen molar-refractivity contribution in [2.75, 3.05) is 13.1 Å². The molecule has 1 aromatic heterocycles. The van der Waals surface area contributed by atoms with E-state index in [1.54, 1.807) is 0 Å². The fourth-order valence-corrected chi connectivity index (χ4v) is 2.25. The molecule has 3 N–H and O–H groups in total. The van der Waals surface area contributed by atoms with Crippen LogP contribution in [0.15, 0.2) is 6.20 Å². The van der Waals surface area contributed by atoms with Gasteiger partial charge in [0.1, 0.15) is 0 Å². The number of aryl methyl sites for hydroxylation is 1. The minimum Gasteiger partial charge on any atom is -0.329 e. The predicted molar refractivity (Wildman–Crippen MR) is 69.7 cm³/mol. The normalized spacial score (nSPS) is 17.4. The summed E-state index contributed by atoms with van der Waals surface area (Å²) in [6.45, 7) is 3.79. The maximum Gasteiger partial charge on any atom is 0.0540 e. The van der Waals surface area contributed by atoms with Crippen LogP contribution in [-0.4, -0.2) is 22.9 Å². The number of hydrogen-bond acceptors (Lipinski definition) is 3.